The van der Waals surface area contributed by atoms with E-state index in [1.54, 1.807) is 6.07 Å². The topological polar surface area (TPSA) is 88.5 Å². The van der Waals surface area contributed by atoms with E-state index in [2.05, 4.69) is 10.3 Å². The maximum absolute atomic E-state index is 11.7. The molecule has 2 N–H and O–H groups in total. The Morgan fingerprint density at radius 2 is 2.33 bits per heavy atom. The third-order valence-electron chi connectivity index (χ3n) is 2.23. The number of aliphatic carboxylic acids is 1. The summed E-state index contributed by atoms with van der Waals surface area (Å²) in [5.74, 6) is -1.41. The van der Waals surface area contributed by atoms with E-state index in [0.29, 0.717) is 0 Å². The fraction of sp³-hybridized carbons (Fsp3) is 0.364. The first-order valence-corrected chi connectivity index (χ1v) is 5.55. The summed E-state index contributed by atoms with van der Waals surface area (Å²) >= 11 is 5.76. The summed E-state index contributed by atoms with van der Waals surface area (Å²) in [6, 6.07) is 3.12. The molecule has 1 unspecified atom stereocenters. The Kier molecular flexibility index (Phi) is 5.54. The number of rotatable bonds is 6. The molecular formula is C11H13ClN2O4. The summed E-state index contributed by atoms with van der Waals surface area (Å²) in [4.78, 5) is 26.0. The SMILES string of the molecule is COC(CNC(=O)c1cccnc1Cl)CC(=O)O. The van der Waals surface area contributed by atoms with Crippen molar-refractivity contribution >= 4 is 23.5 Å². The standard InChI is InChI=1S/C11H13ClN2O4/c1-18-7(5-9(15)16)6-14-11(17)8-3-2-4-13-10(8)12/h2-4,7H,5-6H2,1H3,(H,14,17)(H,15,16). The largest absolute Gasteiger partial charge is 0.481 e. The Morgan fingerprint density at radius 1 is 1.61 bits per heavy atom. The quantitative estimate of drug-likeness (QED) is 0.753. The van der Waals surface area contributed by atoms with Crippen LogP contribution in [0.2, 0.25) is 5.15 Å². The first-order valence-electron chi connectivity index (χ1n) is 5.18. The number of nitrogens with zero attached hydrogens (tertiary/aromatic N) is 1. The zero-order chi connectivity index (χ0) is 13.5. The van der Waals surface area contributed by atoms with Crippen molar-refractivity contribution in [1.82, 2.24) is 10.3 Å². The number of amides is 1. The van der Waals surface area contributed by atoms with Gasteiger partial charge in [0.2, 0.25) is 0 Å². The van der Waals surface area contributed by atoms with Crippen LogP contribution in [0.15, 0.2) is 18.3 Å². The van der Waals surface area contributed by atoms with Gasteiger partial charge in [0.1, 0.15) is 5.15 Å². The Bertz CT molecular complexity index is 439. The van der Waals surface area contributed by atoms with Crippen molar-refractivity contribution in [2.45, 2.75) is 12.5 Å². The Labute approximate surface area is 109 Å². The number of hydrogen-bond donors (Lipinski definition) is 2. The number of carbonyl (C=O) groups is 2. The van der Waals surface area contributed by atoms with Crippen LogP contribution in [0.3, 0.4) is 0 Å². The fourth-order valence-corrected chi connectivity index (χ4v) is 1.50. The highest BCUT2D eigenvalue weighted by Gasteiger charge is 2.15. The van der Waals surface area contributed by atoms with Crippen molar-refractivity contribution in [2.75, 3.05) is 13.7 Å². The molecule has 6 nitrogen and oxygen atoms in total. The van der Waals surface area contributed by atoms with E-state index in [1.807, 2.05) is 0 Å². The Hall–Kier alpha value is -1.66. The molecule has 0 saturated carbocycles. The molecule has 1 aromatic heterocycles. The third kappa shape index (κ3) is 4.31. The van der Waals surface area contributed by atoms with Gasteiger partial charge in [0, 0.05) is 19.9 Å². The van der Waals surface area contributed by atoms with Gasteiger partial charge in [0.25, 0.3) is 5.91 Å². The minimum atomic E-state index is -0.990. The van der Waals surface area contributed by atoms with Gasteiger partial charge in [-0.1, -0.05) is 11.6 Å². The third-order valence-corrected chi connectivity index (χ3v) is 2.53. The number of carboxylic acid groups (broad SMARTS) is 1. The van der Waals surface area contributed by atoms with E-state index in [9.17, 15) is 9.59 Å². The van der Waals surface area contributed by atoms with E-state index < -0.39 is 18.0 Å². The van der Waals surface area contributed by atoms with Crippen molar-refractivity contribution in [3.05, 3.63) is 29.0 Å². The van der Waals surface area contributed by atoms with Gasteiger partial charge in [-0.15, -0.1) is 0 Å². The molecule has 0 aromatic carbocycles. The van der Waals surface area contributed by atoms with Gasteiger partial charge in [-0.25, -0.2) is 4.98 Å². The van der Waals surface area contributed by atoms with Crippen LogP contribution in [-0.4, -0.2) is 41.7 Å². The van der Waals surface area contributed by atoms with Crippen molar-refractivity contribution in [3.63, 3.8) is 0 Å². The van der Waals surface area contributed by atoms with Crippen molar-refractivity contribution in [3.8, 4) is 0 Å². The summed E-state index contributed by atoms with van der Waals surface area (Å²) in [7, 11) is 1.39. The summed E-state index contributed by atoms with van der Waals surface area (Å²) < 4.78 is 4.93. The molecule has 0 bridgehead atoms. The zero-order valence-corrected chi connectivity index (χ0v) is 10.5. The highest BCUT2D eigenvalue weighted by atomic mass is 35.5. The van der Waals surface area contributed by atoms with Crippen molar-refractivity contribution in [1.29, 1.82) is 0 Å². The van der Waals surface area contributed by atoms with E-state index in [-0.39, 0.29) is 23.7 Å². The summed E-state index contributed by atoms with van der Waals surface area (Å²) in [5, 5.41) is 11.3. The maximum Gasteiger partial charge on any atom is 0.306 e. The molecule has 1 rings (SSSR count). The minimum Gasteiger partial charge on any atom is -0.481 e. The molecule has 0 radical (unpaired) electrons. The van der Waals surface area contributed by atoms with Crippen molar-refractivity contribution < 1.29 is 19.4 Å². The molecule has 0 aliphatic heterocycles. The lowest BCUT2D eigenvalue weighted by molar-refractivity contribution is -0.139. The van der Waals surface area contributed by atoms with E-state index in [1.165, 1.54) is 19.4 Å². The summed E-state index contributed by atoms with van der Waals surface area (Å²) in [6.45, 7) is 0.0901. The average Bonchev–Trinajstić information content (AvgIpc) is 2.34. The number of ether oxygens (including phenoxy) is 1. The predicted octanol–water partition coefficient (Wildman–Crippen LogP) is 0.955. The van der Waals surface area contributed by atoms with Gasteiger partial charge >= 0.3 is 5.97 Å². The minimum absolute atomic E-state index is 0.0901. The maximum atomic E-state index is 11.7. The van der Waals surface area contributed by atoms with Crippen LogP contribution in [0.5, 0.6) is 0 Å². The number of nitrogens with one attached hydrogen (secondary N) is 1. The number of aromatic nitrogens is 1. The Morgan fingerprint density at radius 3 is 2.89 bits per heavy atom. The van der Waals surface area contributed by atoms with Crippen LogP contribution in [0.1, 0.15) is 16.8 Å². The van der Waals surface area contributed by atoms with E-state index in [0.717, 1.165) is 0 Å². The normalized spacial score (nSPS) is 11.9. The van der Waals surface area contributed by atoms with Gasteiger partial charge in [-0.05, 0) is 12.1 Å². The van der Waals surface area contributed by atoms with Crippen LogP contribution in [0.4, 0.5) is 0 Å². The molecule has 0 saturated heterocycles. The number of hydrogen-bond acceptors (Lipinski definition) is 4. The van der Waals surface area contributed by atoms with E-state index >= 15 is 0 Å². The Balaban J connectivity index is 2.55. The molecule has 1 amide bonds. The number of halogens is 1. The van der Waals surface area contributed by atoms with Crippen LogP contribution >= 0.6 is 11.6 Å². The predicted molar refractivity (Wildman–Crippen MR) is 64.6 cm³/mol. The van der Waals surface area contributed by atoms with Crippen molar-refractivity contribution in [2.24, 2.45) is 0 Å². The first kappa shape index (κ1) is 14.4. The van der Waals surface area contributed by atoms with Gasteiger partial charge < -0.3 is 15.2 Å². The van der Waals surface area contributed by atoms with Crippen LogP contribution in [-0.2, 0) is 9.53 Å². The second-order valence-corrected chi connectivity index (χ2v) is 3.87. The number of methoxy groups -OCH3 is 1. The average molecular weight is 273 g/mol. The molecule has 18 heavy (non-hydrogen) atoms. The second kappa shape index (κ2) is 6.93. The smallest absolute Gasteiger partial charge is 0.306 e. The molecule has 1 heterocycles. The molecular weight excluding hydrogens is 260 g/mol. The van der Waals surface area contributed by atoms with E-state index in [4.69, 9.17) is 21.4 Å². The molecule has 0 aliphatic carbocycles. The van der Waals surface area contributed by atoms with Crippen LogP contribution in [0, 0.1) is 0 Å². The van der Waals surface area contributed by atoms with Gasteiger partial charge in [0.15, 0.2) is 0 Å². The highest BCUT2D eigenvalue weighted by Crippen LogP contribution is 2.11. The second-order valence-electron chi connectivity index (χ2n) is 3.51. The molecule has 0 aliphatic rings. The lowest BCUT2D eigenvalue weighted by atomic mass is 10.2. The van der Waals surface area contributed by atoms with Gasteiger partial charge in [-0.2, -0.15) is 0 Å². The van der Waals surface area contributed by atoms with Crippen LogP contribution < -0.4 is 5.32 Å². The first-order chi connectivity index (χ1) is 8.54. The molecule has 98 valence electrons. The fourth-order valence-electron chi connectivity index (χ4n) is 1.29. The number of pyridine rings is 1. The zero-order valence-electron chi connectivity index (χ0n) is 9.72. The lowest BCUT2D eigenvalue weighted by Crippen LogP contribution is -2.34. The van der Waals surface area contributed by atoms with Gasteiger partial charge in [0.05, 0.1) is 18.1 Å². The molecule has 1 aromatic rings. The highest BCUT2D eigenvalue weighted by molar-refractivity contribution is 6.32. The van der Waals surface area contributed by atoms with Gasteiger partial charge in [-0.3, -0.25) is 9.59 Å². The molecule has 0 fully saturated rings. The molecule has 7 heteroatoms. The monoisotopic (exact) mass is 272 g/mol. The summed E-state index contributed by atoms with van der Waals surface area (Å²) in [6.07, 6.45) is 0.709. The molecule has 1 atom stereocenters. The summed E-state index contributed by atoms with van der Waals surface area (Å²) in [5.41, 5.74) is 0.240. The number of carbonyl (C=O) groups excluding carboxylic acids is 1. The van der Waals surface area contributed by atoms with Crippen LogP contribution in [0.25, 0.3) is 0 Å². The number of carboxylic acids is 1. The molecule has 0 spiro atoms. The lowest BCUT2D eigenvalue weighted by Gasteiger charge is -2.14.